The highest BCUT2D eigenvalue weighted by Gasteiger charge is 2.16. The fraction of sp³-hybridized carbons (Fsp3) is 0.455. The van der Waals surface area contributed by atoms with Crippen LogP contribution in [0.25, 0.3) is 0 Å². The van der Waals surface area contributed by atoms with E-state index < -0.39 is 10.0 Å². The first kappa shape index (κ1) is 14.2. The molecule has 104 valence electrons. The molecule has 0 fully saturated rings. The predicted octanol–water partition coefficient (Wildman–Crippen LogP) is 1.52. The van der Waals surface area contributed by atoms with Crippen molar-refractivity contribution < 1.29 is 12.8 Å². The van der Waals surface area contributed by atoms with Crippen molar-refractivity contribution in [1.29, 1.82) is 0 Å². The van der Waals surface area contributed by atoms with E-state index in [9.17, 15) is 8.42 Å². The maximum Gasteiger partial charge on any atom is 0.250 e. The molecule has 0 unspecified atom stereocenters. The normalized spacial score (nSPS) is 11.9. The number of thiophene rings is 1. The average molecular weight is 301 g/mol. The Morgan fingerprint density at radius 1 is 1.37 bits per heavy atom. The molecule has 6 nitrogen and oxygen atoms in total. The van der Waals surface area contributed by atoms with Gasteiger partial charge in [0.15, 0.2) is 0 Å². The van der Waals surface area contributed by atoms with E-state index in [2.05, 4.69) is 14.9 Å². The highest BCUT2D eigenvalue weighted by atomic mass is 32.2. The minimum atomic E-state index is -3.43. The van der Waals surface area contributed by atoms with Crippen LogP contribution < -0.4 is 4.72 Å². The molecule has 1 N–H and O–H groups in total. The Morgan fingerprint density at radius 2 is 2.16 bits per heavy atom. The van der Waals surface area contributed by atoms with Gasteiger partial charge in [0.05, 0.1) is 0 Å². The van der Waals surface area contributed by atoms with Gasteiger partial charge in [0.25, 0.3) is 0 Å². The molecule has 2 aromatic heterocycles. The molecule has 2 rings (SSSR count). The van der Waals surface area contributed by atoms with Crippen molar-refractivity contribution in [3.8, 4) is 0 Å². The van der Waals surface area contributed by atoms with Gasteiger partial charge in [-0.1, -0.05) is 6.92 Å². The first-order valence-electron chi connectivity index (χ1n) is 5.88. The molecular weight excluding hydrogens is 286 g/mol. The summed E-state index contributed by atoms with van der Waals surface area (Å²) in [6.45, 7) is 3.93. The predicted molar refractivity (Wildman–Crippen MR) is 71.6 cm³/mol. The molecule has 0 aliphatic carbocycles. The quantitative estimate of drug-likeness (QED) is 0.874. The first-order chi connectivity index (χ1) is 9.01. The molecule has 8 heteroatoms. The summed E-state index contributed by atoms with van der Waals surface area (Å²) in [4.78, 5) is 1.05. The zero-order chi connectivity index (χ0) is 13.9. The van der Waals surface area contributed by atoms with E-state index in [1.807, 2.05) is 13.0 Å². The zero-order valence-corrected chi connectivity index (χ0v) is 12.3. The molecule has 0 saturated heterocycles. The van der Waals surface area contributed by atoms with Crippen molar-refractivity contribution in [2.45, 2.75) is 30.9 Å². The van der Waals surface area contributed by atoms with E-state index in [0.717, 1.165) is 11.3 Å². The highest BCUT2D eigenvalue weighted by Crippen LogP contribution is 2.21. The molecule has 19 heavy (non-hydrogen) atoms. The summed E-state index contributed by atoms with van der Waals surface area (Å²) in [7, 11) is -3.43. The third kappa shape index (κ3) is 3.62. The van der Waals surface area contributed by atoms with Gasteiger partial charge in [-0.2, -0.15) is 0 Å². The summed E-state index contributed by atoms with van der Waals surface area (Å²) in [6.07, 6.45) is 1.22. The fourth-order valence-electron chi connectivity index (χ4n) is 1.49. The van der Waals surface area contributed by atoms with Crippen LogP contribution in [0.2, 0.25) is 0 Å². The lowest BCUT2D eigenvalue weighted by molar-refractivity contribution is 0.466. The molecule has 0 aliphatic rings. The molecule has 2 heterocycles. The minimum Gasteiger partial charge on any atom is -0.426 e. The first-order valence-corrected chi connectivity index (χ1v) is 8.18. The second kappa shape index (κ2) is 5.81. The number of aromatic nitrogens is 2. The van der Waals surface area contributed by atoms with Crippen LogP contribution in [-0.4, -0.2) is 25.2 Å². The summed E-state index contributed by atoms with van der Waals surface area (Å²) < 4.78 is 32.0. The van der Waals surface area contributed by atoms with E-state index in [1.165, 1.54) is 11.3 Å². The van der Waals surface area contributed by atoms with Crippen LogP contribution in [0.3, 0.4) is 0 Å². The third-order valence-electron chi connectivity index (χ3n) is 2.45. The number of aryl methyl sites for hydroxylation is 2. The van der Waals surface area contributed by atoms with Crippen molar-refractivity contribution >= 4 is 21.4 Å². The van der Waals surface area contributed by atoms with E-state index >= 15 is 0 Å². The fourth-order valence-corrected chi connectivity index (χ4v) is 3.87. The lowest BCUT2D eigenvalue weighted by Crippen LogP contribution is -2.25. The van der Waals surface area contributed by atoms with Crippen LogP contribution in [0, 0.1) is 6.92 Å². The van der Waals surface area contributed by atoms with Crippen molar-refractivity contribution in [2.24, 2.45) is 0 Å². The van der Waals surface area contributed by atoms with E-state index in [1.54, 1.807) is 13.0 Å². The summed E-state index contributed by atoms with van der Waals surface area (Å²) in [5.74, 6) is 0.907. The Morgan fingerprint density at radius 3 is 2.74 bits per heavy atom. The van der Waals surface area contributed by atoms with Gasteiger partial charge in [-0.25, -0.2) is 13.1 Å². The Bertz CT molecular complexity index is 646. The zero-order valence-electron chi connectivity index (χ0n) is 10.7. The molecule has 0 atom stereocenters. The summed E-state index contributed by atoms with van der Waals surface area (Å²) in [5, 5.41) is 7.49. The topological polar surface area (TPSA) is 85.1 Å². The molecule has 0 bridgehead atoms. The largest absolute Gasteiger partial charge is 0.426 e. The van der Waals surface area contributed by atoms with Crippen molar-refractivity contribution in [3.05, 3.63) is 28.8 Å². The van der Waals surface area contributed by atoms with E-state index in [-0.39, 0.29) is 6.54 Å². The molecule has 0 amide bonds. The molecular formula is C11H15N3O3S2. The maximum atomic E-state index is 12.0. The van der Waals surface area contributed by atoms with Gasteiger partial charge in [-0.15, -0.1) is 21.5 Å². The van der Waals surface area contributed by atoms with Gasteiger partial charge in [-0.05, 0) is 18.6 Å². The van der Waals surface area contributed by atoms with Crippen LogP contribution >= 0.6 is 11.3 Å². The molecule has 2 aromatic rings. The van der Waals surface area contributed by atoms with Crippen LogP contribution in [0.1, 0.15) is 23.6 Å². The van der Waals surface area contributed by atoms with Crippen LogP contribution in [-0.2, 0) is 22.9 Å². The Balaban J connectivity index is 1.94. The monoisotopic (exact) mass is 301 g/mol. The van der Waals surface area contributed by atoms with Gasteiger partial charge in [0, 0.05) is 24.8 Å². The highest BCUT2D eigenvalue weighted by molar-refractivity contribution is 7.91. The molecule has 0 aliphatic heterocycles. The van der Waals surface area contributed by atoms with Gasteiger partial charge in [0.2, 0.25) is 21.8 Å². The van der Waals surface area contributed by atoms with Gasteiger partial charge in [0.1, 0.15) is 4.21 Å². The molecule has 0 spiro atoms. The number of hydrogen-bond donors (Lipinski definition) is 1. The van der Waals surface area contributed by atoms with Crippen LogP contribution in [0.5, 0.6) is 0 Å². The summed E-state index contributed by atoms with van der Waals surface area (Å²) >= 11 is 1.29. The summed E-state index contributed by atoms with van der Waals surface area (Å²) in [5.41, 5.74) is 0. The Hall–Kier alpha value is -1.25. The van der Waals surface area contributed by atoms with Crippen LogP contribution in [0.15, 0.2) is 20.8 Å². The molecule has 0 aromatic carbocycles. The van der Waals surface area contributed by atoms with Gasteiger partial charge >= 0.3 is 0 Å². The van der Waals surface area contributed by atoms with Gasteiger partial charge in [-0.3, -0.25) is 0 Å². The minimum absolute atomic E-state index is 0.239. The lowest BCUT2D eigenvalue weighted by Gasteiger charge is -2.02. The second-order valence-corrected chi connectivity index (χ2v) is 7.10. The molecule has 0 saturated carbocycles. The smallest absolute Gasteiger partial charge is 0.250 e. The number of rotatable bonds is 6. The Labute approximate surface area is 115 Å². The van der Waals surface area contributed by atoms with Crippen molar-refractivity contribution in [2.75, 3.05) is 6.54 Å². The van der Waals surface area contributed by atoms with Crippen molar-refractivity contribution in [3.63, 3.8) is 0 Å². The Kier molecular flexibility index (Phi) is 4.33. The van der Waals surface area contributed by atoms with Gasteiger partial charge < -0.3 is 4.42 Å². The summed E-state index contributed by atoms with van der Waals surface area (Å²) in [6, 6.07) is 3.46. The number of nitrogens with one attached hydrogen (secondary N) is 1. The standard InChI is InChI=1S/C11H15N3O3S2/c1-3-9-4-5-11(18-9)19(15,16)12-7-6-10-14-13-8(2)17-10/h4-5,12H,3,6-7H2,1-2H3. The second-order valence-electron chi connectivity index (χ2n) is 3.94. The van der Waals surface area contributed by atoms with E-state index in [4.69, 9.17) is 4.42 Å². The maximum absolute atomic E-state index is 12.0. The molecule has 0 radical (unpaired) electrons. The van der Waals surface area contributed by atoms with Crippen LogP contribution in [0.4, 0.5) is 0 Å². The number of nitrogens with zero attached hydrogens (tertiary/aromatic N) is 2. The van der Waals surface area contributed by atoms with E-state index in [0.29, 0.717) is 22.4 Å². The van der Waals surface area contributed by atoms with Crippen molar-refractivity contribution in [1.82, 2.24) is 14.9 Å². The average Bonchev–Trinajstić information content (AvgIpc) is 2.98. The number of hydrogen-bond acceptors (Lipinski definition) is 6. The lowest BCUT2D eigenvalue weighted by atomic mass is 10.4. The third-order valence-corrected chi connectivity index (χ3v) is 5.63. The SMILES string of the molecule is CCc1ccc(S(=O)(=O)NCCc2nnc(C)o2)s1. The number of sulfonamides is 1.